The average Bonchev–Trinajstić information content (AvgIpc) is 2.31. The summed E-state index contributed by atoms with van der Waals surface area (Å²) in [6.07, 6.45) is 7.42. The maximum Gasteiger partial charge on any atom is 0.0812 e. The summed E-state index contributed by atoms with van der Waals surface area (Å²) in [5, 5.41) is 0. The van der Waals surface area contributed by atoms with Crippen molar-refractivity contribution in [2.75, 3.05) is 26.2 Å². The van der Waals surface area contributed by atoms with Crippen LogP contribution in [-0.4, -0.2) is 42.1 Å². The van der Waals surface area contributed by atoms with Gasteiger partial charge in [-0.15, -0.1) is 6.58 Å². The van der Waals surface area contributed by atoms with Gasteiger partial charge >= 0.3 is 0 Å². The zero-order chi connectivity index (χ0) is 13.1. The Balaban J connectivity index is 4.61. The Kier molecular flexibility index (Phi) is 10.6. The molecule has 0 atom stereocenters. The van der Waals surface area contributed by atoms with E-state index in [0.29, 0.717) is 6.17 Å². The van der Waals surface area contributed by atoms with E-state index in [1.54, 1.807) is 0 Å². The van der Waals surface area contributed by atoms with Gasteiger partial charge in [0.1, 0.15) is 0 Å². The molecule has 2 heteroatoms. The molecule has 2 nitrogen and oxygen atoms in total. The Morgan fingerprint density at radius 3 is 1.24 bits per heavy atom. The van der Waals surface area contributed by atoms with Crippen LogP contribution in [0.4, 0.5) is 0 Å². The molecule has 0 radical (unpaired) electrons. The molecule has 0 unspecified atom stereocenters. The number of hydrogen-bond donors (Lipinski definition) is 0. The van der Waals surface area contributed by atoms with Crippen molar-refractivity contribution in [2.24, 2.45) is 0 Å². The lowest BCUT2D eigenvalue weighted by molar-refractivity contribution is 0.0747. The first kappa shape index (κ1) is 16.7. The van der Waals surface area contributed by atoms with Crippen molar-refractivity contribution in [3.63, 3.8) is 0 Å². The van der Waals surface area contributed by atoms with E-state index in [2.05, 4.69) is 50.1 Å². The van der Waals surface area contributed by atoms with E-state index in [1.807, 2.05) is 0 Å². The van der Waals surface area contributed by atoms with E-state index in [0.717, 1.165) is 0 Å². The van der Waals surface area contributed by atoms with Crippen LogP contribution in [0.1, 0.15) is 53.4 Å². The molecular formula is C15H32N2. The molecule has 0 rings (SSSR count). The summed E-state index contributed by atoms with van der Waals surface area (Å²) in [5.74, 6) is 0. The predicted octanol–water partition coefficient (Wildman–Crippen LogP) is 3.74. The molecule has 0 fully saturated rings. The second-order valence-corrected chi connectivity index (χ2v) is 4.72. The van der Waals surface area contributed by atoms with Crippen molar-refractivity contribution < 1.29 is 0 Å². The molecular weight excluding hydrogens is 208 g/mol. The lowest BCUT2D eigenvalue weighted by atomic mass is 10.2. The third kappa shape index (κ3) is 6.23. The molecule has 0 N–H and O–H groups in total. The van der Waals surface area contributed by atoms with Gasteiger partial charge in [-0.25, -0.2) is 0 Å². The number of hydrogen-bond acceptors (Lipinski definition) is 2. The van der Waals surface area contributed by atoms with Gasteiger partial charge in [-0.2, -0.15) is 0 Å². The second kappa shape index (κ2) is 10.8. The highest BCUT2D eigenvalue weighted by Crippen LogP contribution is 2.11. The molecule has 0 aromatic heterocycles. The fraction of sp³-hybridized carbons (Fsp3) is 0.867. The monoisotopic (exact) mass is 240 g/mol. The quantitative estimate of drug-likeness (QED) is 0.401. The summed E-state index contributed by atoms with van der Waals surface area (Å²) < 4.78 is 0. The topological polar surface area (TPSA) is 6.48 Å². The second-order valence-electron chi connectivity index (χ2n) is 4.72. The van der Waals surface area contributed by atoms with Gasteiger partial charge in [0.05, 0.1) is 6.17 Å². The zero-order valence-corrected chi connectivity index (χ0v) is 12.4. The van der Waals surface area contributed by atoms with Crippen LogP contribution in [0.5, 0.6) is 0 Å². The first-order valence-electron chi connectivity index (χ1n) is 7.35. The van der Waals surface area contributed by atoms with Crippen molar-refractivity contribution in [1.29, 1.82) is 0 Å². The van der Waals surface area contributed by atoms with Crippen LogP contribution in [0.15, 0.2) is 12.7 Å². The van der Waals surface area contributed by atoms with Gasteiger partial charge in [0.2, 0.25) is 0 Å². The van der Waals surface area contributed by atoms with Gasteiger partial charge in [0.15, 0.2) is 0 Å². The van der Waals surface area contributed by atoms with E-state index < -0.39 is 0 Å². The highest BCUT2D eigenvalue weighted by atomic mass is 15.3. The van der Waals surface area contributed by atoms with Crippen molar-refractivity contribution in [2.45, 2.75) is 59.5 Å². The van der Waals surface area contributed by atoms with E-state index in [1.165, 1.54) is 51.9 Å². The van der Waals surface area contributed by atoms with Crippen LogP contribution in [-0.2, 0) is 0 Å². The molecule has 0 aliphatic rings. The average molecular weight is 240 g/mol. The molecule has 102 valence electrons. The smallest absolute Gasteiger partial charge is 0.0812 e. The lowest BCUT2D eigenvalue weighted by Crippen LogP contribution is -2.48. The first-order chi connectivity index (χ1) is 8.24. The summed E-state index contributed by atoms with van der Waals surface area (Å²) in [5.41, 5.74) is 0. The summed E-state index contributed by atoms with van der Waals surface area (Å²) in [7, 11) is 0. The zero-order valence-electron chi connectivity index (χ0n) is 12.4. The molecule has 0 saturated carbocycles. The first-order valence-corrected chi connectivity index (χ1v) is 7.35. The van der Waals surface area contributed by atoms with Gasteiger partial charge in [-0.1, -0.05) is 33.8 Å². The van der Waals surface area contributed by atoms with Gasteiger partial charge < -0.3 is 0 Å². The maximum atomic E-state index is 4.05. The van der Waals surface area contributed by atoms with Crippen molar-refractivity contribution in [3.8, 4) is 0 Å². The highest BCUT2D eigenvalue weighted by Gasteiger charge is 2.19. The van der Waals surface area contributed by atoms with Gasteiger partial charge in [-0.05, 0) is 51.9 Å². The minimum absolute atomic E-state index is 0.426. The molecule has 0 aromatic rings. The Bertz CT molecular complexity index is 152. The van der Waals surface area contributed by atoms with E-state index in [9.17, 15) is 0 Å². The Hall–Kier alpha value is -0.340. The predicted molar refractivity (Wildman–Crippen MR) is 78.3 cm³/mol. The fourth-order valence-corrected chi connectivity index (χ4v) is 2.43. The van der Waals surface area contributed by atoms with Crippen molar-refractivity contribution in [1.82, 2.24) is 9.80 Å². The molecule has 0 amide bonds. The van der Waals surface area contributed by atoms with E-state index in [-0.39, 0.29) is 0 Å². The van der Waals surface area contributed by atoms with E-state index >= 15 is 0 Å². The third-order valence-corrected chi connectivity index (χ3v) is 3.00. The third-order valence-electron chi connectivity index (χ3n) is 3.00. The molecule has 17 heavy (non-hydrogen) atoms. The molecule has 0 spiro atoms. The maximum absolute atomic E-state index is 4.05. The van der Waals surface area contributed by atoms with Crippen LogP contribution in [0.3, 0.4) is 0 Å². The lowest BCUT2D eigenvalue weighted by Gasteiger charge is -2.37. The summed E-state index contributed by atoms with van der Waals surface area (Å²) in [4.78, 5) is 5.14. The molecule has 0 bridgehead atoms. The van der Waals surface area contributed by atoms with Crippen molar-refractivity contribution in [3.05, 3.63) is 12.7 Å². The Morgan fingerprint density at radius 1 is 0.765 bits per heavy atom. The number of nitrogens with zero attached hydrogens (tertiary/aromatic N) is 2. The minimum Gasteiger partial charge on any atom is -0.285 e. The normalized spacial score (nSPS) is 11.7. The van der Waals surface area contributed by atoms with Crippen LogP contribution < -0.4 is 0 Å². The van der Waals surface area contributed by atoms with Crippen LogP contribution in [0.25, 0.3) is 0 Å². The summed E-state index contributed by atoms with van der Waals surface area (Å²) in [6, 6.07) is 0. The Labute approximate surface area is 109 Å². The molecule has 0 aliphatic heterocycles. The number of rotatable bonds is 11. The Morgan fingerprint density at radius 2 is 1.06 bits per heavy atom. The minimum atomic E-state index is 0.426. The van der Waals surface area contributed by atoms with Crippen LogP contribution in [0.2, 0.25) is 0 Å². The van der Waals surface area contributed by atoms with E-state index in [4.69, 9.17) is 0 Å². The highest BCUT2D eigenvalue weighted by molar-refractivity contribution is 4.88. The SMILES string of the molecule is C=CC(N(CCC)CCC)N(CCC)CCC. The fourth-order valence-electron chi connectivity index (χ4n) is 2.43. The summed E-state index contributed by atoms with van der Waals surface area (Å²) in [6.45, 7) is 17.8. The largest absolute Gasteiger partial charge is 0.285 e. The van der Waals surface area contributed by atoms with Gasteiger partial charge in [0, 0.05) is 0 Å². The molecule has 0 saturated heterocycles. The molecule has 0 aliphatic carbocycles. The molecule has 0 heterocycles. The van der Waals surface area contributed by atoms with Gasteiger partial charge in [-0.3, -0.25) is 9.80 Å². The standard InChI is InChI=1S/C15H32N2/c1-6-11-16(12-7-2)15(10-5)17(13-8-3)14-9-4/h10,15H,5-9,11-14H2,1-4H3. The van der Waals surface area contributed by atoms with Crippen LogP contribution in [0, 0.1) is 0 Å². The molecule has 0 aromatic carbocycles. The summed E-state index contributed by atoms with van der Waals surface area (Å²) >= 11 is 0. The van der Waals surface area contributed by atoms with Crippen LogP contribution >= 0.6 is 0 Å². The van der Waals surface area contributed by atoms with Gasteiger partial charge in [0.25, 0.3) is 0 Å². The van der Waals surface area contributed by atoms with Crippen molar-refractivity contribution >= 4 is 0 Å².